The molecular weight excluding hydrogens is 360 g/mol. The monoisotopic (exact) mass is 380 g/mol. The molecule has 0 unspecified atom stereocenters. The van der Waals surface area contributed by atoms with Gasteiger partial charge >= 0.3 is 0 Å². The lowest BCUT2D eigenvalue weighted by molar-refractivity contribution is -0.135. The van der Waals surface area contributed by atoms with Crippen LogP contribution in [0.15, 0.2) is 36.4 Å². The van der Waals surface area contributed by atoms with Gasteiger partial charge in [0.25, 0.3) is 5.91 Å². The van der Waals surface area contributed by atoms with Crippen molar-refractivity contribution in [2.24, 2.45) is 5.92 Å². The molecule has 3 aromatic rings. The Morgan fingerprint density at radius 2 is 1.89 bits per heavy atom. The Labute approximate surface area is 161 Å². The van der Waals surface area contributed by atoms with Crippen molar-refractivity contribution in [3.8, 4) is 0 Å². The number of hydrogen-bond acceptors (Lipinski definition) is 5. The van der Waals surface area contributed by atoms with Crippen LogP contribution >= 0.6 is 11.7 Å². The van der Waals surface area contributed by atoms with E-state index in [1.54, 1.807) is 18.2 Å². The van der Waals surface area contributed by atoms with Gasteiger partial charge in [-0.15, -0.1) is 0 Å². The predicted octanol–water partition coefficient (Wildman–Crippen LogP) is 3.48. The molecule has 27 heavy (non-hydrogen) atoms. The molecule has 1 aliphatic heterocycles. The molecule has 0 atom stereocenters. The van der Waals surface area contributed by atoms with E-state index in [1.165, 1.54) is 5.56 Å². The average molecular weight is 380 g/mol. The van der Waals surface area contributed by atoms with Crippen molar-refractivity contribution in [3.05, 3.63) is 53.1 Å². The molecule has 7 heteroatoms. The molecule has 0 radical (unpaired) electrons. The normalized spacial score (nSPS) is 13.7. The van der Waals surface area contributed by atoms with Crippen LogP contribution < -0.4 is 5.32 Å². The lowest BCUT2D eigenvalue weighted by atomic mass is 9.98. The maximum absolute atomic E-state index is 12.6. The van der Waals surface area contributed by atoms with E-state index in [1.807, 2.05) is 36.9 Å². The Bertz CT molecular complexity index is 1030. The molecule has 0 saturated carbocycles. The quantitative estimate of drug-likeness (QED) is 0.755. The first-order valence-corrected chi connectivity index (χ1v) is 9.68. The standard InChI is InChI=1S/C20H20N4O2S/c1-12(2)20(26)24-8-7-13-3-5-16(9-15(13)11-24)21-19(25)14-4-6-17-18(10-14)23-27-22-17/h3-6,9-10,12H,7-8,11H2,1-2H3,(H,21,25). The minimum Gasteiger partial charge on any atom is -0.338 e. The molecule has 1 N–H and O–H groups in total. The van der Waals surface area contributed by atoms with Crippen molar-refractivity contribution in [2.45, 2.75) is 26.8 Å². The van der Waals surface area contributed by atoms with E-state index in [0.29, 0.717) is 12.1 Å². The zero-order valence-corrected chi connectivity index (χ0v) is 16.0. The van der Waals surface area contributed by atoms with Crippen LogP contribution in [0.5, 0.6) is 0 Å². The van der Waals surface area contributed by atoms with E-state index in [9.17, 15) is 9.59 Å². The predicted molar refractivity (Wildman–Crippen MR) is 106 cm³/mol. The van der Waals surface area contributed by atoms with Crippen molar-refractivity contribution in [1.29, 1.82) is 0 Å². The summed E-state index contributed by atoms with van der Waals surface area (Å²) >= 11 is 1.13. The van der Waals surface area contributed by atoms with Gasteiger partial charge in [0.2, 0.25) is 5.91 Å². The summed E-state index contributed by atoms with van der Waals surface area (Å²) in [4.78, 5) is 26.8. The first-order valence-electron chi connectivity index (χ1n) is 8.95. The van der Waals surface area contributed by atoms with Crippen molar-refractivity contribution < 1.29 is 9.59 Å². The number of carbonyl (C=O) groups is 2. The minimum atomic E-state index is -0.184. The van der Waals surface area contributed by atoms with Gasteiger partial charge in [0.1, 0.15) is 11.0 Å². The molecule has 2 amide bonds. The van der Waals surface area contributed by atoms with Gasteiger partial charge in [-0.25, -0.2) is 0 Å². The first-order chi connectivity index (χ1) is 13.0. The number of anilines is 1. The number of nitrogens with one attached hydrogen (secondary N) is 1. The SMILES string of the molecule is CC(C)C(=O)N1CCc2ccc(NC(=O)c3ccc4nsnc4c3)cc2C1. The highest BCUT2D eigenvalue weighted by Gasteiger charge is 2.23. The van der Waals surface area contributed by atoms with E-state index < -0.39 is 0 Å². The molecule has 0 spiro atoms. The lowest BCUT2D eigenvalue weighted by Crippen LogP contribution is -2.38. The summed E-state index contributed by atoms with van der Waals surface area (Å²) in [5.74, 6) is -0.0272. The van der Waals surface area contributed by atoms with Gasteiger partial charge in [0, 0.05) is 30.3 Å². The molecule has 0 aliphatic carbocycles. The summed E-state index contributed by atoms with van der Waals surface area (Å²) in [7, 11) is 0. The molecule has 0 bridgehead atoms. The highest BCUT2D eigenvalue weighted by Crippen LogP contribution is 2.24. The van der Waals surface area contributed by atoms with E-state index in [2.05, 4.69) is 14.1 Å². The lowest BCUT2D eigenvalue weighted by Gasteiger charge is -2.30. The maximum atomic E-state index is 12.6. The largest absolute Gasteiger partial charge is 0.338 e. The van der Waals surface area contributed by atoms with Gasteiger partial charge in [-0.1, -0.05) is 19.9 Å². The smallest absolute Gasteiger partial charge is 0.255 e. The Balaban J connectivity index is 1.52. The van der Waals surface area contributed by atoms with Gasteiger partial charge < -0.3 is 10.2 Å². The van der Waals surface area contributed by atoms with E-state index in [4.69, 9.17) is 0 Å². The molecule has 0 saturated heterocycles. The molecule has 4 rings (SSSR count). The van der Waals surface area contributed by atoms with Gasteiger partial charge in [0.15, 0.2) is 0 Å². The van der Waals surface area contributed by atoms with Gasteiger partial charge in [-0.05, 0) is 47.9 Å². The second-order valence-electron chi connectivity index (χ2n) is 7.07. The third kappa shape index (κ3) is 3.55. The van der Waals surface area contributed by atoms with Crippen molar-refractivity contribution >= 4 is 40.3 Å². The number of benzene rings is 2. The van der Waals surface area contributed by atoms with Crippen LogP contribution in [0.25, 0.3) is 11.0 Å². The Morgan fingerprint density at radius 1 is 1.07 bits per heavy atom. The van der Waals surface area contributed by atoms with Crippen LogP contribution in [0.4, 0.5) is 5.69 Å². The molecule has 0 fully saturated rings. The molecule has 1 aliphatic rings. The topological polar surface area (TPSA) is 75.2 Å². The van der Waals surface area contributed by atoms with Crippen LogP contribution in [-0.4, -0.2) is 32.0 Å². The summed E-state index contributed by atoms with van der Waals surface area (Å²) in [6.07, 6.45) is 0.843. The fourth-order valence-electron chi connectivity index (χ4n) is 3.31. The summed E-state index contributed by atoms with van der Waals surface area (Å²) in [5.41, 5.74) is 5.11. The fraction of sp³-hybridized carbons (Fsp3) is 0.300. The number of amides is 2. The molecule has 1 aromatic heterocycles. The van der Waals surface area contributed by atoms with E-state index in [0.717, 1.165) is 47.0 Å². The van der Waals surface area contributed by atoms with Gasteiger partial charge in [-0.2, -0.15) is 8.75 Å². The number of aromatic nitrogens is 2. The Kier molecular flexibility index (Phi) is 4.61. The number of rotatable bonds is 3. The summed E-state index contributed by atoms with van der Waals surface area (Å²) in [6, 6.07) is 11.2. The third-order valence-corrected chi connectivity index (χ3v) is 5.35. The number of fused-ring (bicyclic) bond motifs is 2. The molecule has 2 aromatic carbocycles. The van der Waals surface area contributed by atoms with Crippen molar-refractivity contribution in [2.75, 3.05) is 11.9 Å². The van der Waals surface area contributed by atoms with Crippen LogP contribution in [0.3, 0.4) is 0 Å². The fourth-order valence-corrected chi connectivity index (χ4v) is 3.83. The van der Waals surface area contributed by atoms with Crippen LogP contribution in [0, 0.1) is 5.92 Å². The Hall–Kier alpha value is -2.80. The highest BCUT2D eigenvalue weighted by atomic mass is 32.1. The van der Waals surface area contributed by atoms with Crippen molar-refractivity contribution in [1.82, 2.24) is 13.6 Å². The minimum absolute atomic E-state index is 0.00967. The molecule has 138 valence electrons. The number of carbonyl (C=O) groups excluding carboxylic acids is 2. The first kappa shape index (κ1) is 17.6. The summed E-state index contributed by atoms with van der Waals surface area (Å²) in [6.45, 7) is 5.18. The highest BCUT2D eigenvalue weighted by molar-refractivity contribution is 7.00. The van der Waals surface area contributed by atoms with E-state index >= 15 is 0 Å². The molecule has 2 heterocycles. The van der Waals surface area contributed by atoms with E-state index in [-0.39, 0.29) is 17.7 Å². The Morgan fingerprint density at radius 3 is 2.70 bits per heavy atom. The van der Waals surface area contributed by atoms with Crippen LogP contribution in [0.2, 0.25) is 0 Å². The van der Waals surface area contributed by atoms with Crippen LogP contribution in [-0.2, 0) is 17.8 Å². The third-order valence-electron chi connectivity index (χ3n) is 4.80. The van der Waals surface area contributed by atoms with Crippen LogP contribution in [0.1, 0.15) is 35.3 Å². The van der Waals surface area contributed by atoms with Crippen molar-refractivity contribution in [3.63, 3.8) is 0 Å². The van der Waals surface area contributed by atoms with Gasteiger partial charge in [0.05, 0.1) is 11.7 Å². The molecule has 6 nitrogen and oxygen atoms in total. The zero-order valence-electron chi connectivity index (χ0n) is 15.2. The zero-order chi connectivity index (χ0) is 19.0. The summed E-state index contributed by atoms with van der Waals surface area (Å²) < 4.78 is 8.33. The second-order valence-corrected chi connectivity index (χ2v) is 7.60. The maximum Gasteiger partial charge on any atom is 0.255 e. The molecular formula is C20H20N4O2S. The average Bonchev–Trinajstić information content (AvgIpc) is 3.14. The summed E-state index contributed by atoms with van der Waals surface area (Å²) in [5, 5.41) is 2.94. The second kappa shape index (κ2) is 7.08. The number of nitrogens with zero attached hydrogens (tertiary/aromatic N) is 3. The number of hydrogen-bond donors (Lipinski definition) is 1. The van der Waals surface area contributed by atoms with Gasteiger partial charge in [-0.3, -0.25) is 9.59 Å².